The molecule has 40 heavy (non-hydrogen) atoms. The molecule has 6 nitrogen and oxygen atoms in total. The summed E-state index contributed by atoms with van der Waals surface area (Å²) in [5, 5.41) is 12.2. The highest BCUT2D eigenvalue weighted by Crippen LogP contribution is 2.51. The lowest BCUT2D eigenvalue weighted by Crippen LogP contribution is -2.40. The summed E-state index contributed by atoms with van der Waals surface area (Å²) in [6.45, 7) is 0.549. The first-order chi connectivity index (χ1) is 19.4. The predicted molar refractivity (Wildman–Crippen MR) is 153 cm³/mol. The first kappa shape index (κ1) is 26.3. The number of allylic oxidation sites excluding steroid dienone is 4. The lowest BCUT2D eigenvalue weighted by molar-refractivity contribution is -0.137. The van der Waals surface area contributed by atoms with Crippen molar-refractivity contribution in [2.75, 3.05) is 6.54 Å². The highest BCUT2D eigenvalue weighted by Gasteiger charge is 2.44. The molecule has 6 rings (SSSR count). The third-order valence-corrected chi connectivity index (χ3v) is 8.42. The topological polar surface area (TPSA) is 83.9 Å². The van der Waals surface area contributed by atoms with Gasteiger partial charge in [0.2, 0.25) is 0 Å². The molecule has 0 fully saturated rings. The third kappa shape index (κ3) is 4.81. The van der Waals surface area contributed by atoms with Crippen LogP contribution in [0.1, 0.15) is 62.0 Å². The van der Waals surface area contributed by atoms with Crippen LogP contribution in [0, 0.1) is 0 Å². The number of ketones is 2. The van der Waals surface area contributed by atoms with Gasteiger partial charge < -0.3 is 14.7 Å². The zero-order valence-corrected chi connectivity index (χ0v) is 22.9. The van der Waals surface area contributed by atoms with Gasteiger partial charge in [-0.15, -0.1) is 0 Å². The molecule has 7 heteroatoms. The van der Waals surface area contributed by atoms with Crippen molar-refractivity contribution in [3.63, 3.8) is 0 Å². The van der Waals surface area contributed by atoms with Crippen molar-refractivity contribution in [1.82, 2.24) is 4.90 Å². The van der Waals surface area contributed by atoms with Crippen LogP contribution in [-0.2, 0) is 21.0 Å². The summed E-state index contributed by atoms with van der Waals surface area (Å²) in [7, 11) is 0. The second-order valence-electron chi connectivity index (χ2n) is 10.6. The number of carbonyl (C=O) groups excluding carboxylic acids is 2. The molecule has 1 aliphatic heterocycles. The molecular formula is C33H30ClNO5. The average molecular weight is 556 g/mol. The van der Waals surface area contributed by atoms with Gasteiger partial charge in [-0.1, -0.05) is 54.1 Å². The molecule has 1 N–H and O–H groups in total. The highest BCUT2D eigenvalue weighted by molar-refractivity contribution is 6.30. The molecule has 0 saturated carbocycles. The maximum atomic E-state index is 13.6. The van der Waals surface area contributed by atoms with E-state index in [1.54, 1.807) is 6.07 Å². The van der Waals surface area contributed by atoms with E-state index in [-0.39, 0.29) is 24.5 Å². The maximum Gasteiger partial charge on any atom is 0.305 e. The predicted octanol–water partition coefficient (Wildman–Crippen LogP) is 6.96. The van der Waals surface area contributed by atoms with Crippen molar-refractivity contribution >= 4 is 39.9 Å². The molecule has 2 aliphatic carbocycles. The summed E-state index contributed by atoms with van der Waals surface area (Å²) in [6.07, 6.45) is 3.44. The average Bonchev–Trinajstić information content (AvgIpc) is 2.95. The molecule has 0 saturated heterocycles. The number of aliphatic carboxylic acids is 1. The molecular weight excluding hydrogens is 526 g/mol. The Morgan fingerprint density at radius 1 is 0.900 bits per heavy atom. The normalized spacial score (nSPS) is 17.8. The zero-order valence-electron chi connectivity index (χ0n) is 22.1. The molecule has 0 radical (unpaired) electrons. The second kappa shape index (κ2) is 10.9. The quantitative estimate of drug-likeness (QED) is 0.339. The van der Waals surface area contributed by atoms with Crippen LogP contribution in [0.3, 0.4) is 0 Å². The molecule has 1 heterocycles. The maximum absolute atomic E-state index is 13.6. The van der Waals surface area contributed by atoms with E-state index in [1.807, 2.05) is 41.3 Å². The van der Waals surface area contributed by atoms with Gasteiger partial charge in [0.15, 0.2) is 11.6 Å². The number of nitrogens with zero attached hydrogens (tertiary/aromatic N) is 1. The van der Waals surface area contributed by atoms with Crippen LogP contribution >= 0.6 is 11.6 Å². The van der Waals surface area contributed by atoms with Gasteiger partial charge in [0.25, 0.3) is 0 Å². The Morgan fingerprint density at radius 3 is 2.27 bits per heavy atom. The molecule has 0 aromatic heterocycles. The Bertz CT molecular complexity index is 1550. The number of hydrogen-bond donors (Lipinski definition) is 1. The minimum atomic E-state index is -0.908. The smallest absolute Gasteiger partial charge is 0.305 e. The molecule has 3 aromatic carbocycles. The van der Waals surface area contributed by atoms with Gasteiger partial charge in [0.1, 0.15) is 12.4 Å². The summed E-state index contributed by atoms with van der Waals surface area (Å²) in [6, 6.07) is 19.7. The van der Waals surface area contributed by atoms with Crippen molar-refractivity contribution in [3.05, 3.63) is 99.4 Å². The van der Waals surface area contributed by atoms with Gasteiger partial charge in [-0.3, -0.25) is 14.4 Å². The lowest BCUT2D eigenvalue weighted by atomic mass is 9.70. The summed E-state index contributed by atoms with van der Waals surface area (Å²) >= 11 is 6.53. The Kier molecular flexibility index (Phi) is 7.20. The first-order valence-corrected chi connectivity index (χ1v) is 14.2. The number of ether oxygens (including phenoxy) is 1. The van der Waals surface area contributed by atoms with Crippen molar-refractivity contribution < 1.29 is 24.2 Å². The van der Waals surface area contributed by atoms with Gasteiger partial charge in [0, 0.05) is 58.4 Å². The van der Waals surface area contributed by atoms with Crippen LogP contribution in [0.2, 0.25) is 5.02 Å². The Morgan fingerprint density at radius 2 is 1.57 bits per heavy atom. The van der Waals surface area contributed by atoms with E-state index in [9.17, 15) is 19.5 Å². The molecule has 3 aromatic rings. The number of rotatable bonds is 7. The minimum Gasteiger partial charge on any atom is -0.489 e. The number of carboxylic acids is 1. The first-order valence-electron chi connectivity index (χ1n) is 13.8. The van der Waals surface area contributed by atoms with Gasteiger partial charge in [-0.2, -0.15) is 0 Å². The third-order valence-electron chi connectivity index (χ3n) is 8.18. The summed E-state index contributed by atoms with van der Waals surface area (Å²) in [5.41, 5.74) is 4.60. The van der Waals surface area contributed by atoms with Crippen molar-refractivity contribution in [2.45, 2.75) is 57.5 Å². The molecule has 0 amide bonds. The van der Waals surface area contributed by atoms with E-state index < -0.39 is 11.9 Å². The van der Waals surface area contributed by atoms with E-state index in [0.717, 1.165) is 27.7 Å². The largest absolute Gasteiger partial charge is 0.489 e. The zero-order chi connectivity index (χ0) is 27.8. The van der Waals surface area contributed by atoms with Crippen LogP contribution in [0.15, 0.2) is 83.2 Å². The van der Waals surface area contributed by atoms with Crippen molar-refractivity contribution in [1.29, 1.82) is 0 Å². The summed E-state index contributed by atoms with van der Waals surface area (Å²) in [4.78, 5) is 40.6. The van der Waals surface area contributed by atoms with Crippen LogP contribution in [-0.4, -0.2) is 34.1 Å². The van der Waals surface area contributed by atoms with Gasteiger partial charge in [-0.25, -0.2) is 0 Å². The SMILES string of the molecule is O=C(O)CCN1C2=C(C(=O)CCC2)C(c2cc(Cl)ccc2OCc2cccc3ccccc23)C2=C1CCCC2=O. The number of fused-ring (bicyclic) bond motifs is 1. The molecule has 0 spiro atoms. The van der Waals surface area contributed by atoms with Crippen LogP contribution < -0.4 is 4.74 Å². The van der Waals surface area contributed by atoms with E-state index in [4.69, 9.17) is 16.3 Å². The van der Waals surface area contributed by atoms with Gasteiger partial charge in [-0.05, 0) is 60.2 Å². The van der Waals surface area contributed by atoms with E-state index in [0.29, 0.717) is 72.6 Å². The van der Waals surface area contributed by atoms with E-state index in [2.05, 4.69) is 18.2 Å². The fourth-order valence-electron chi connectivity index (χ4n) is 6.46. The molecule has 0 unspecified atom stereocenters. The summed E-state index contributed by atoms with van der Waals surface area (Å²) < 4.78 is 6.46. The Hall–Kier alpha value is -3.90. The van der Waals surface area contributed by atoms with Crippen molar-refractivity contribution in [3.8, 4) is 5.75 Å². The number of halogens is 1. The standard InChI is InChI=1S/C33H30ClNO5/c34-22-14-15-29(40-19-21-8-3-7-20-6-1-2-9-23(20)21)24(18-22)31-32-25(10-4-12-27(32)36)35(17-16-30(38)39)26-11-5-13-28(37)33(26)31/h1-3,6-9,14-15,18,31H,4-5,10-13,16-17,19H2,(H,38,39). The number of carbonyl (C=O) groups is 3. The van der Waals surface area contributed by atoms with Gasteiger partial charge in [0.05, 0.1) is 6.42 Å². The lowest BCUT2D eigenvalue weighted by Gasteiger charge is -2.44. The fourth-order valence-corrected chi connectivity index (χ4v) is 6.64. The molecule has 3 aliphatic rings. The summed E-state index contributed by atoms with van der Waals surface area (Å²) in [5.74, 6) is -0.924. The van der Waals surface area contributed by atoms with Crippen LogP contribution in [0.4, 0.5) is 0 Å². The van der Waals surface area contributed by atoms with E-state index in [1.165, 1.54) is 0 Å². The minimum absolute atomic E-state index is 0.00326. The monoisotopic (exact) mass is 555 g/mol. The fraction of sp³-hybridized carbons (Fsp3) is 0.303. The van der Waals surface area contributed by atoms with Crippen LogP contribution in [0.25, 0.3) is 10.8 Å². The highest BCUT2D eigenvalue weighted by atomic mass is 35.5. The number of benzene rings is 3. The molecule has 0 atom stereocenters. The number of carboxylic acid groups (broad SMARTS) is 1. The second-order valence-corrected chi connectivity index (χ2v) is 11.0. The Balaban J connectivity index is 1.47. The number of hydrogen-bond acceptors (Lipinski definition) is 5. The van der Waals surface area contributed by atoms with Crippen molar-refractivity contribution in [2.24, 2.45) is 0 Å². The van der Waals surface area contributed by atoms with Crippen LogP contribution in [0.5, 0.6) is 5.75 Å². The molecule has 0 bridgehead atoms. The van der Waals surface area contributed by atoms with Gasteiger partial charge >= 0.3 is 5.97 Å². The number of Topliss-reactive ketones (excluding diaryl/α,β-unsaturated/α-hetero) is 2. The van der Waals surface area contributed by atoms with E-state index >= 15 is 0 Å². The Labute approximate surface area is 237 Å². The molecule has 204 valence electrons.